The molecule has 0 spiro atoms. The molecule has 2 fully saturated rings. The number of rotatable bonds is 4. The van der Waals surface area contributed by atoms with E-state index in [-0.39, 0.29) is 6.10 Å². The molecule has 1 aliphatic heterocycles. The van der Waals surface area contributed by atoms with Gasteiger partial charge in [-0.2, -0.15) is 5.10 Å². The first kappa shape index (κ1) is 12.9. The van der Waals surface area contributed by atoms with Gasteiger partial charge in [0.25, 0.3) is 0 Å². The topological polar surface area (TPSA) is 38.2 Å². The maximum Gasteiger partial charge on any atom is 0.151 e. The average Bonchev–Trinajstić information content (AvgIpc) is 3.23. The molecule has 1 aliphatic carbocycles. The Morgan fingerprint density at radius 1 is 1.26 bits per heavy atom. The number of hydrogen-bond donors (Lipinski definition) is 0. The van der Waals surface area contributed by atoms with Crippen molar-refractivity contribution in [3.05, 3.63) is 17.8 Å². The van der Waals surface area contributed by atoms with E-state index in [1.54, 1.807) is 0 Å². The van der Waals surface area contributed by atoms with Crippen molar-refractivity contribution < 1.29 is 4.74 Å². The van der Waals surface area contributed by atoms with Gasteiger partial charge < -0.3 is 9.64 Å². The summed E-state index contributed by atoms with van der Waals surface area (Å²) in [4.78, 5) is 2.33. The lowest BCUT2D eigenvalue weighted by Gasteiger charge is -2.37. The first-order valence-corrected chi connectivity index (χ1v) is 7.49. The van der Waals surface area contributed by atoms with Gasteiger partial charge in [-0.25, -0.2) is 0 Å². The van der Waals surface area contributed by atoms with E-state index in [2.05, 4.69) is 41.1 Å². The van der Waals surface area contributed by atoms with E-state index in [4.69, 9.17) is 4.74 Å². The molecule has 2 heterocycles. The van der Waals surface area contributed by atoms with Crippen LogP contribution in [0, 0.1) is 5.92 Å². The number of morpholine rings is 1. The lowest BCUT2D eigenvalue weighted by Crippen LogP contribution is -2.47. The zero-order valence-corrected chi connectivity index (χ0v) is 11.9. The molecule has 1 aromatic rings. The summed E-state index contributed by atoms with van der Waals surface area (Å²) in [5, 5.41) is 8.71. The van der Waals surface area contributed by atoms with Gasteiger partial charge in [-0.15, -0.1) is 5.10 Å². The van der Waals surface area contributed by atoms with Crippen LogP contribution in [0.15, 0.2) is 12.1 Å². The predicted molar refractivity (Wildman–Crippen MR) is 75.3 cm³/mol. The van der Waals surface area contributed by atoms with Gasteiger partial charge in [-0.1, -0.05) is 13.3 Å². The number of nitrogens with zero attached hydrogens (tertiary/aromatic N) is 3. The molecule has 2 aliphatic rings. The third kappa shape index (κ3) is 3.06. The van der Waals surface area contributed by atoms with Crippen LogP contribution in [0.4, 0.5) is 5.82 Å². The van der Waals surface area contributed by atoms with E-state index < -0.39 is 0 Å². The van der Waals surface area contributed by atoms with Crippen molar-refractivity contribution in [1.82, 2.24) is 10.2 Å². The van der Waals surface area contributed by atoms with Crippen LogP contribution in [0.25, 0.3) is 0 Å². The Labute approximate surface area is 115 Å². The number of aromatic nitrogens is 2. The molecule has 0 N–H and O–H groups in total. The van der Waals surface area contributed by atoms with Gasteiger partial charge in [0.1, 0.15) is 0 Å². The highest BCUT2D eigenvalue weighted by Gasteiger charge is 2.37. The number of aryl methyl sites for hydroxylation is 1. The van der Waals surface area contributed by atoms with Gasteiger partial charge in [0, 0.05) is 13.1 Å². The minimum Gasteiger partial charge on any atom is -0.371 e. The minimum absolute atomic E-state index is 0.288. The van der Waals surface area contributed by atoms with Crippen LogP contribution in [-0.4, -0.2) is 35.5 Å². The third-order valence-corrected chi connectivity index (χ3v) is 3.97. The van der Waals surface area contributed by atoms with Gasteiger partial charge in [0.15, 0.2) is 5.82 Å². The largest absolute Gasteiger partial charge is 0.371 e. The second kappa shape index (κ2) is 5.45. The van der Waals surface area contributed by atoms with E-state index >= 15 is 0 Å². The SMILES string of the molecule is CCCc1ccc(N2C[C@@H](C3CC3)O[C@@H](C)C2)nn1. The van der Waals surface area contributed by atoms with Gasteiger partial charge in [0.05, 0.1) is 17.9 Å². The molecule has 0 radical (unpaired) electrons. The fourth-order valence-corrected chi connectivity index (χ4v) is 2.81. The van der Waals surface area contributed by atoms with E-state index in [0.717, 1.165) is 43.4 Å². The van der Waals surface area contributed by atoms with Crippen molar-refractivity contribution in [2.24, 2.45) is 5.92 Å². The van der Waals surface area contributed by atoms with Crippen LogP contribution in [-0.2, 0) is 11.2 Å². The number of hydrogen-bond acceptors (Lipinski definition) is 4. The van der Waals surface area contributed by atoms with Crippen LogP contribution in [0.5, 0.6) is 0 Å². The Morgan fingerprint density at radius 2 is 2.11 bits per heavy atom. The highest BCUT2D eigenvalue weighted by Crippen LogP contribution is 2.37. The molecular weight excluding hydrogens is 238 g/mol. The van der Waals surface area contributed by atoms with Gasteiger partial charge in [-0.05, 0) is 44.2 Å². The van der Waals surface area contributed by atoms with Crippen LogP contribution >= 0.6 is 0 Å². The first-order valence-electron chi connectivity index (χ1n) is 7.49. The minimum atomic E-state index is 0.288. The van der Waals surface area contributed by atoms with Crippen molar-refractivity contribution in [2.45, 2.75) is 51.7 Å². The molecule has 0 unspecified atom stereocenters. The summed E-state index contributed by atoms with van der Waals surface area (Å²) in [5.41, 5.74) is 1.09. The normalized spacial score (nSPS) is 27.6. The van der Waals surface area contributed by atoms with Crippen LogP contribution in [0.1, 0.15) is 38.8 Å². The van der Waals surface area contributed by atoms with Crippen LogP contribution in [0.3, 0.4) is 0 Å². The maximum atomic E-state index is 6.03. The maximum absolute atomic E-state index is 6.03. The molecular formula is C15H23N3O. The molecule has 1 aromatic heterocycles. The second-order valence-corrected chi connectivity index (χ2v) is 5.86. The molecule has 1 saturated carbocycles. The molecule has 2 atom stereocenters. The predicted octanol–water partition coefficient (Wildman–Crippen LogP) is 2.43. The van der Waals surface area contributed by atoms with E-state index in [9.17, 15) is 0 Å². The average molecular weight is 261 g/mol. The highest BCUT2D eigenvalue weighted by molar-refractivity contribution is 5.38. The summed E-state index contributed by atoms with van der Waals surface area (Å²) in [6, 6.07) is 4.22. The van der Waals surface area contributed by atoms with Gasteiger partial charge in [-0.3, -0.25) is 0 Å². The lowest BCUT2D eigenvalue weighted by molar-refractivity contribution is -0.0274. The number of anilines is 1. The molecule has 4 nitrogen and oxygen atoms in total. The molecule has 0 aromatic carbocycles. The van der Waals surface area contributed by atoms with E-state index in [1.807, 2.05) is 0 Å². The summed E-state index contributed by atoms with van der Waals surface area (Å²) in [6.45, 7) is 6.21. The van der Waals surface area contributed by atoms with Crippen molar-refractivity contribution >= 4 is 5.82 Å². The molecule has 4 heteroatoms. The van der Waals surface area contributed by atoms with E-state index in [1.165, 1.54) is 12.8 Å². The van der Waals surface area contributed by atoms with Crippen LogP contribution in [0.2, 0.25) is 0 Å². The zero-order chi connectivity index (χ0) is 13.2. The molecule has 1 saturated heterocycles. The molecule has 3 rings (SSSR count). The Bertz CT molecular complexity index is 416. The first-order chi connectivity index (χ1) is 9.26. The Morgan fingerprint density at radius 3 is 2.74 bits per heavy atom. The number of ether oxygens (including phenoxy) is 1. The highest BCUT2D eigenvalue weighted by atomic mass is 16.5. The summed E-state index contributed by atoms with van der Waals surface area (Å²) in [5.74, 6) is 1.78. The fraction of sp³-hybridized carbons (Fsp3) is 0.733. The smallest absolute Gasteiger partial charge is 0.151 e. The van der Waals surface area contributed by atoms with Crippen molar-refractivity contribution in [1.29, 1.82) is 0 Å². The summed E-state index contributed by atoms with van der Waals surface area (Å²) < 4.78 is 6.03. The quantitative estimate of drug-likeness (QED) is 0.834. The molecule has 0 bridgehead atoms. The summed E-state index contributed by atoms with van der Waals surface area (Å²) in [7, 11) is 0. The second-order valence-electron chi connectivity index (χ2n) is 5.86. The molecule has 104 valence electrons. The molecule has 19 heavy (non-hydrogen) atoms. The van der Waals surface area contributed by atoms with Gasteiger partial charge in [0.2, 0.25) is 0 Å². The Hall–Kier alpha value is -1.16. The van der Waals surface area contributed by atoms with Crippen molar-refractivity contribution in [3.8, 4) is 0 Å². The third-order valence-electron chi connectivity index (χ3n) is 3.97. The monoisotopic (exact) mass is 261 g/mol. The Balaban J connectivity index is 1.69. The lowest BCUT2D eigenvalue weighted by atomic mass is 10.1. The zero-order valence-electron chi connectivity index (χ0n) is 11.9. The molecule has 0 amide bonds. The summed E-state index contributed by atoms with van der Waals surface area (Å²) in [6.07, 6.45) is 5.46. The summed E-state index contributed by atoms with van der Waals surface area (Å²) >= 11 is 0. The standard InChI is InChI=1S/C15H23N3O/c1-3-4-13-7-8-15(17-16-13)18-9-11(2)19-14(10-18)12-5-6-12/h7-8,11-12,14H,3-6,9-10H2,1-2H3/t11-,14-/m0/s1. The van der Waals surface area contributed by atoms with Gasteiger partial charge >= 0.3 is 0 Å². The van der Waals surface area contributed by atoms with Crippen molar-refractivity contribution in [3.63, 3.8) is 0 Å². The van der Waals surface area contributed by atoms with Crippen LogP contribution < -0.4 is 4.90 Å². The van der Waals surface area contributed by atoms with Crippen molar-refractivity contribution in [2.75, 3.05) is 18.0 Å². The van der Waals surface area contributed by atoms with E-state index in [0.29, 0.717) is 6.10 Å². The Kier molecular flexibility index (Phi) is 3.69. The fourth-order valence-electron chi connectivity index (χ4n) is 2.81.